The smallest absolute Gasteiger partial charge is 0.239 e. The molecular formula is C22H28N2O4S. The first kappa shape index (κ1) is 24.2. The molecule has 29 heavy (non-hydrogen) atoms. The van der Waals surface area contributed by atoms with Gasteiger partial charge in [0.2, 0.25) is 12.3 Å². The van der Waals surface area contributed by atoms with E-state index in [-0.39, 0.29) is 17.8 Å². The van der Waals surface area contributed by atoms with Gasteiger partial charge in [-0.2, -0.15) is 11.8 Å². The molecule has 0 saturated heterocycles. The van der Waals surface area contributed by atoms with Crippen molar-refractivity contribution in [2.75, 3.05) is 20.0 Å². The van der Waals surface area contributed by atoms with Gasteiger partial charge < -0.3 is 14.9 Å². The average molecular weight is 417 g/mol. The monoisotopic (exact) mass is 416 g/mol. The van der Waals surface area contributed by atoms with Crippen molar-refractivity contribution < 1.29 is 19.1 Å². The summed E-state index contributed by atoms with van der Waals surface area (Å²) in [4.78, 5) is 22.2. The van der Waals surface area contributed by atoms with Gasteiger partial charge in [-0.15, -0.1) is 0 Å². The third-order valence-corrected chi connectivity index (χ3v) is 4.87. The van der Waals surface area contributed by atoms with E-state index in [0.717, 1.165) is 11.1 Å². The van der Waals surface area contributed by atoms with Crippen LogP contribution in [0.3, 0.4) is 0 Å². The lowest BCUT2D eigenvalue weighted by Crippen LogP contribution is -2.32. The number of hydrogen-bond donors (Lipinski definition) is 2. The molecule has 2 rings (SSSR count). The molecule has 0 bridgehead atoms. The van der Waals surface area contributed by atoms with E-state index < -0.39 is 0 Å². The normalized spacial score (nSPS) is 10.8. The van der Waals surface area contributed by atoms with Gasteiger partial charge in [-0.3, -0.25) is 14.9 Å². The molecule has 0 aliphatic carbocycles. The molecule has 0 spiro atoms. The summed E-state index contributed by atoms with van der Waals surface area (Å²) in [5.74, 6) is 1.04. The first-order valence-electron chi connectivity index (χ1n) is 9.27. The number of carbonyl (C=O) groups is 2. The molecule has 6 nitrogen and oxygen atoms in total. The molecule has 0 saturated carbocycles. The maximum absolute atomic E-state index is 11.8. The highest BCUT2D eigenvalue weighted by Gasteiger charge is 2.17. The quantitative estimate of drug-likeness (QED) is 0.455. The zero-order valence-electron chi connectivity index (χ0n) is 17.2. The summed E-state index contributed by atoms with van der Waals surface area (Å²) < 4.78 is 10.8. The predicted octanol–water partition coefficient (Wildman–Crippen LogP) is 3.71. The minimum atomic E-state index is -0.330. The van der Waals surface area contributed by atoms with Crippen LogP contribution in [-0.4, -0.2) is 43.3 Å². The number of benzene rings is 2. The molecule has 2 amide bonds. The molecule has 7 heteroatoms. The van der Waals surface area contributed by atoms with Gasteiger partial charge in [-0.05, 0) is 42.5 Å². The van der Waals surface area contributed by atoms with Gasteiger partial charge in [0.15, 0.2) is 0 Å². The van der Waals surface area contributed by atoms with Gasteiger partial charge in [0.05, 0.1) is 18.1 Å². The Labute approximate surface area is 176 Å². The fourth-order valence-electron chi connectivity index (χ4n) is 2.42. The number of amides is 2. The largest absolute Gasteiger partial charge is 0.497 e. The minimum absolute atomic E-state index is 0.141. The van der Waals surface area contributed by atoms with Crippen molar-refractivity contribution >= 4 is 29.8 Å². The lowest BCUT2D eigenvalue weighted by molar-refractivity contribution is -0.124. The van der Waals surface area contributed by atoms with E-state index >= 15 is 0 Å². The number of hydrogen-bond acceptors (Lipinski definition) is 6. The van der Waals surface area contributed by atoms with E-state index in [2.05, 4.69) is 5.32 Å². The average Bonchev–Trinajstić information content (AvgIpc) is 2.78. The lowest BCUT2D eigenvalue weighted by atomic mass is 10.1. The number of carbonyl (C=O) groups excluding carboxylic acids is 2. The van der Waals surface area contributed by atoms with Gasteiger partial charge in [0.25, 0.3) is 0 Å². The van der Waals surface area contributed by atoms with Crippen LogP contribution >= 0.6 is 11.8 Å². The van der Waals surface area contributed by atoms with Crippen LogP contribution in [0.5, 0.6) is 11.5 Å². The second kappa shape index (κ2) is 13.4. The molecule has 156 valence electrons. The predicted molar refractivity (Wildman–Crippen MR) is 118 cm³/mol. The molecule has 0 aromatic heterocycles. The summed E-state index contributed by atoms with van der Waals surface area (Å²) in [6, 6.07) is 14.7. The van der Waals surface area contributed by atoms with Crippen LogP contribution in [0.25, 0.3) is 0 Å². The molecule has 2 N–H and O–H groups in total. The first-order valence-corrected chi connectivity index (χ1v) is 10.6. The fourth-order valence-corrected chi connectivity index (χ4v) is 3.06. The number of ether oxygens (including phenoxy) is 2. The van der Waals surface area contributed by atoms with Gasteiger partial charge in [-0.1, -0.05) is 38.1 Å². The first-order chi connectivity index (χ1) is 14.1. The maximum Gasteiger partial charge on any atom is 0.239 e. The Morgan fingerprint density at radius 3 is 2.45 bits per heavy atom. The molecular weight excluding hydrogens is 388 g/mol. The lowest BCUT2D eigenvalue weighted by Gasteiger charge is -2.13. The molecule has 0 aliphatic heterocycles. The summed E-state index contributed by atoms with van der Waals surface area (Å²) in [6.07, 6.45) is 2.75. The molecule has 2 aromatic rings. The SMILES string of the molecule is CC.COc1cccc(C(=N)COc2ccc(CC(SC)C(=O)NC=O)cc2)c1. The van der Waals surface area contributed by atoms with Crippen molar-refractivity contribution in [3.63, 3.8) is 0 Å². The van der Waals surface area contributed by atoms with Crippen molar-refractivity contribution in [2.45, 2.75) is 25.5 Å². The number of thioether (sulfide) groups is 1. The Kier molecular flexibility index (Phi) is 11.2. The Morgan fingerprint density at radius 2 is 1.86 bits per heavy atom. The molecule has 2 aromatic carbocycles. The van der Waals surface area contributed by atoms with E-state index in [4.69, 9.17) is 14.9 Å². The topological polar surface area (TPSA) is 88.5 Å². The summed E-state index contributed by atoms with van der Waals surface area (Å²) in [7, 11) is 1.59. The zero-order valence-corrected chi connectivity index (χ0v) is 18.0. The highest BCUT2D eigenvalue weighted by molar-refractivity contribution is 7.99. The van der Waals surface area contributed by atoms with Crippen LogP contribution in [0, 0.1) is 5.41 Å². The number of rotatable bonds is 10. The Bertz CT molecular complexity index is 794. The fraction of sp³-hybridized carbons (Fsp3) is 0.318. The summed E-state index contributed by atoms with van der Waals surface area (Å²) >= 11 is 1.39. The van der Waals surface area contributed by atoms with Crippen LogP contribution < -0.4 is 14.8 Å². The van der Waals surface area contributed by atoms with Crippen molar-refractivity contribution in [3.8, 4) is 11.5 Å². The molecule has 0 heterocycles. The molecule has 1 atom stereocenters. The van der Waals surface area contributed by atoms with Gasteiger partial charge in [0.1, 0.15) is 18.1 Å². The summed E-state index contributed by atoms with van der Waals surface area (Å²) in [5, 5.41) is 10.00. The second-order valence-corrected chi connectivity index (χ2v) is 6.74. The van der Waals surface area contributed by atoms with E-state index in [1.54, 1.807) is 13.2 Å². The minimum Gasteiger partial charge on any atom is -0.497 e. The van der Waals surface area contributed by atoms with E-state index in [1.807, 2.05) is 62.6 Å². The Hall–Kier alpha value is -2.80. The number of imide groups is 1. The van der Waals surface area contributed by atoms with E-state index in [1.165, 1.54) is 11.8 Å². The molecule has 0 aliphatic rings. The van der Waals surface area contributed by atoms with Crippen LogP contribution in [0.2, 0.25) is 0 Å². The van der Waals surface area contributed by atoms with Gasteiger partial charge in [0, 0.05) is 5.56 Å². The highest BCUT2D eigenvalue weighted by atomic mass is 32.2. The van der Waals surface area contributed by atoms with Crippen molar-refractivity contribution in [3.05, 3.63) is 59.7 Å². The Balaban J connectivity index is 0.00000204. The van der Waals surface area contributed by atoms with E-state index in [9.17, 15) is 9.59 Å². The zero-order chi connectivity index (χ0) is 21.6. The Morgan fingerprint density at radius 1 is 1.17 bits per heavy atom. The molecule has 1 unspecified atom stereocenters. The van der Waals surface area contributed by atoms with Crippen molar-refractivity contribution in [1.29, 1.82) is 5.41 Å². The number of nitrogens with one attached hydrogen (secondary N) is 2. The van der Waals surface area contributed by atoms with E-state index in [0.29, 0.717) is 30.0 Å². The maximum atomic E-state index is 11.8. The third kappa shape index (κ3) is 7.99. The van der Waals surface area contributed by atoms with Crippen molar-refractivity contribution in [1.82, 2.24) is 5.32 Å². The van der Waals surface area contributed by atoms with Crippen LogP contribution in [0.1, 0.15) is 25.0 Å². The number of methoxy groups -OCH3 is 1. The van der Waals surface area contributed by atoms with Crippen LogP contribution in [0.4, 0.5) is 0 Å². The van der Waals surface area contributed by atoms with Crippen LogP contribution in [-0.2, 0) is 16.0 Å². The van der Waals surface area contributed by atoms with Crippen molar-refractivity contribution in [2.24, 2.45) is 0 Å². The van der Waals surface area contributed by atoms with Gasteiger partial charge >= 0.3 is 0 Å². The highest BCUT2D eigenvalue weighted by Crippen LogP contribution is 2.18. The summed E-state index contributed by atoms with van der Waals surface area (Å²) in [5.41, 5.74) is 2.06. The van der Waals surface area contributed by atoms with Crippen LogP contribution in [0.15, 0.2) is 48.5 Å². The van der Waals surface area contributed by atoms with Gasteiger partial charge in [-0.25, -0.2) is 0 Å². The standard InChI is InChI=1S/C20H22N2O4S.C2H6/c1-25-17-5-3-4-15(11-17)18(21)12-26-16-8-6-14(7-9-16)10-19(27-2)20(24)22-13-23;1-2/h3-9,11,13,19,21H,10,12H2,1-2H3,(H,22,23,24);1-2H3. The molecule has 0 fully saturated rings. The third-order valence-electron chi connectivity index (χ3n) is 3.92. The molecule has 0 radical (unpaired) electrons. The second-order valence-electron chi connectivity index (χ2n) is 5.70. The summed E-state index contributed by atoms with van der Waals surface area (Å²) in [6.45, 7) is 4.14.